The molecule has 100 valence electrons. The lowest BCUT2D eigenvalue weighted by Gasteiger charge is -2.13. The SMILES string of the molecule is CC[C@H](CO)NC(=O)CSCc1cccc(Cl)c1. The number of halogens is 1. The van der Waals surface area contributed by atoms with Crippen LogP contribution >= 0.6 is 23.4 Å². The Morgan fingerprint density at radius 2 is 2.33 bits per heavy atom. The topological polar surface area (TPSA) is 49.3 Å². The molecule has 1 atom stereocenters. The Labute approximate surface area is 117 Å². The van der Waals surface area contributed by atoms with Crippen LogP contribution in [0, 0.1) is 0 Å². The lowest BCUT2D eigenvalue weighted by Crippen LogP contribution is -2.37. The van der Waals surface area contributed by atoms with Crippen molar-refractivity contribution in [2.75, 3.05) is 12.4 Å². The Bertz CT molecular complexity index is 383. The highest BCUT2D eigenvalue weighted by Gasteiger charge is 2.08. The molecule has 3 nitrogen and oxygen atoms in total. The fourth-order valence-corrected chi connectivity index (χ4v) is 2.43. The number of aliphatic hydroxyl groups excluding tert-OH is 1. The van der Waals surface area contributed by atoms with Crippen LogP contribution in [0.2, 0.25) is 5.02 Å². The molecule has 1 amide bonds. The van der Waals surface area contributed by atoms with Gasteiger partial charge in [-0.05, 0) is 24.1 Å². The van der Waals surface area contributed by atoms with Gasteiger partial charge < -0.3 is 10.4 Å². The number of thioether (sulfide) groups is 1. The molecule has 1 aromatic carbocycles. The van der Waals surface area contributed by atoms with Crippen LogP contribution in [-0.4, -0.2) is 29.4 Å². The smallest absolute Gasteiger partial charge is 0.230 e. The highest BCUT2D eigenvalue weighted by Crippen LogP contribution is 2.16. The molecule has 0 bridgehead atoms. The largest absolute Gasteiger partial charge is 0.394 e. The molecule has 0 unspecified atom stereocenters. The third-order valence-electron chi connectivity index (χ3n) is 2.47. The summed E-state index contributed by atoms with van der Waals surface area (Å²) in [5, 5.41) is 12.5. The molecule has 0 aliphatic heterocycles. The van der Waals surface area contributed by atoms with Crippen molar-refractivity contribution < 1.29 is 9.90 Å². The van der Waals surface area contributed by atoms with E-state index in [-0.39, 0.29) is 18.6 Å². The summed E-state index contributed by atoms with van der Waals surface area (Å²) >= 11 is 7.41. The van der Waals surface area contributed by atoms with Crippen LogP contribution in [0.15, 0.2) is 24.3 Å². The molecular weight excluding hydrogens is 270 g/mol. The number of carbonyl (C=O) groups excluding carboxylic acids is 1. The van der Waals surface area contributed by atoms with E-state index >= 15 is 0 Å². The van der Waals surface area contributed by atoms with Gasteiger partial charge in [-0.15, -0.1) is 11.8 Å². The Hall–Kier alpha value is -0.710. The molecule has 0 fully saturated rings. The average molecular weight is 288 g/mol. The molecule has 1 aromatic rings. The van der Waals surface area contributed by atoms with Gasteiger partial charge in [0.15, 0.2) is 0 Å². The van der Waals surface area contributed by atoms with Crippen molar-refractivity contribution in [2.45, 2.75) is 25.1 Å². The van der Waals surface area contributed by atoms with Gasteiger partial charge in [-0.2, -0.15) is 0 Å². The fraction of sp³-hybridized carbons (Fsp3) is 0.462. The summed E-state index contributed by atoms with van der Waals surface area (Å²) in [6, 6.07) is 7.48. The minimum Gasteiger partial charge on any atom is -0.394 e. The molecule has 0 saturated carbocycles. The summed E-state index contributed by atoms with van der Waals surface area (Å²) in [6.45, 7) is 1.92. The highest BCUT2D eigenvalue weighted by atomic mass is 35.5. The maximum atomic E-state index is 11.6. The second kappa shape index (κ2) is 8.40. The van der Waals surface area contributed by atoms with Crippen molar-refractivity contribution >= 4 is 29.3 Å². The van der Waals surface area contributed by atoms with Crippen molar-refractivity contribution in [3.8, 4) is 0 Å². The average Bonchev–Trinajstić information content (AvgIpc) is 2.36. The second-order valence-electron chi connectivity index (χ2n) is 3.98. The molecular formula is C13H18ClNO2S. The quantitative estimate of drug-likeness (QED) is 0.810. The van der Waals surface area contributed by atoms with Gasteiger partial charge in [-0.1, -0.05) is 30.7 Å². The van der Waals surface area contributed by atoms with E-state index in [1.807, 2.05) is 31.2 Å². The van der Waals surface area contributed by atoms with Crippen molar-refractivity contribution in [3.05, 3.63) is 34.9 Å². The Morgan fingerprint density at radius 3 is 2.94 bits per heavy atom. The third-order valence-corrected chi connectivity index (χ3v) is 3.71. The van der Waals surface area contributed by atoms with Gasteiger partial charge in [0.1, 0.15) is 0 Å². The first-order valence-corrected chi connectivity index (χ1v) is 7.41. The van der Waals surface area contributed by atoms with Gasteiger partial charge in [-0.25, -0.2) is 0 Å². The van der Waals surface area contributed by atoms with E-state index in [0.717, 1.165) is 17.7 Å². The number of hydrogen-bond donors (Lipinski definition) is 2. The van der Waals surface area contributed by atoms with Crippen LogP contribution in [0.3, 0.4) is 0 Å². The van der Waals surface area contributed by atoms with E-state index in [4.69, 9.17) is 16.7 Å². The molecule has 0 radical (unpaired) electrons. The zero-order chi connectivity index (χ0) is 13.4. The zero-order valence-electron chi connectivity index (χ0n) is 10.4. The number of amides is 1. The van der Waals surface area contributed by atoms with Gasteiger partial charge in [0.05, 0.1) is 18.4 Å². The second-order valence-corrected chi connectivity index (χ2v) is 5.40. The summed E-state index contributed by atoms with van der Waals surface area (Å²) in [5.41, 5.74) is 1.11. The Morgan fingerprint density at radius 1 is 1.56 bits per heavy atom. The van der Waals surface area contributed by atoms with Crippen LogP contribution in [0.5, 0.6) is 0 Å². The third kappa shape index (κ3) is 5.76. The fourth-order valence-electron chi connectivity index (χ4n) is 1.43. The summed E-state index contributed by atoms with van der Waals surface area (Å²) in [6.07, 6.45) is 0.737. The van der Waals surface area contributed by atoms with Gasteiger partial charge in [0.2, 0.25) is 5.91 Å². The molecule has 0 saturated heterocycles. The lowest BCUT2D eigenvalue weighted by molar-refractivity contribution is -0.119. The van der Waals surface area contributed by atoms with Gasteiger partial charge in [-0.3, -0.25) is 4.79 Å². The number of rotatable bonds is 7. The van der Waals surface area contributed by atoms with Crippen LogP contribution in [0.25, 0.3) is 0 Å². The van der Waals surface area contributed by atoms with Crippen molar-refractivity contribution in [2.24, 2.45) is 0 Å². The molecule has 0 heterocycles. The first kappa shape index (κ1) is 15.3. The van der Waals surface area contributed by atoms with E-state index in [1.165, 1.54) is 11.8 Å². The highest BCUT2D eigenvalue weighted by molar-refractivity contribution is 7.99. The van der Waals surface area contributed by atoms with Gasteiger partial charge >= 0.3 is 0 Å². The molecule has 18 heavy (non-hydrogen) atoms. The number of aliphatic hydroxyl groups is 1. The normalized spacial score (nSPS) is 12.2. The predicted molar refractivity (Wildman–Crippen MR) is 76.9 cm³/mol. The van der Waals surface area contributed by atoms with Gasteiger partial charge in [0.25, 0.3) is 0 Å². The molecule has 0 spiro atoms. The predicted octanol–water partition coefficient (Wildman–Crippen LogP) is 2.46. The summed E-state index contributed by atoms with van der Waals surface area (Å²) in [4.78, 5) is 11.6. The van der Waals surface area contributed by atoms with Crippen LogP contribution in [0.4, 0.5) is 0 Å². The molecule has 5 heteroatoms. The minimum atomic E-state index is -0.135. The summed E-state index contributed by atoms with van der Waals surface area (Å²) < 4.78 is 0. The van der Waals surface area contributed by atoms with E-state index in [1.54, 1.807) is 0 Å². The number of carbonyl (C=O) groups is 1. The number of benzene rings is 1. The standard InChI is InChI=1S/C13H18ClNO2S/c1-2-12(7-16)15-13(17)9-18-8-10-4-3-5-11(14)6-10/h3-6,12,16H,2,7-9H2,1H3,(H,15,17)/t12-/m1/s1. The lowest BCUT2D eigenvalue weighted by atomic mass is 10.2. The summed E-state index contributed by atoms with van der Waals surface area (Å²) in [7, 11) is 0. The number of hydrogen-bond acceptors (Lipinski definition) is 3. The maximum Gasteiger partial charge on any atom is 0.230 e. The summed E-state index contributed by atoms with van der Waals surface area (Å²) in [5.74, 6) is 1.11. The molecule has 0 aliphatic rings. The first-order chi connectivity index (χ1) is 8.65. The molecule has 1 rings (SSSR count). The molecule has 2 N–H and O–H groups in total. The first-order valence-electron chi connectivity index (χ1n) is 5.88. The Balaban J connectivity index is 2.27. The Kier molecular flexibility index (Phi) is 7.16. The molecule has 0 aliphatic carbocycles. The van der Waals surface area contributed by atoms with E-state index in [9.17, 15) is 4.79 Å². The van der Waals surface area contributed by atoms with Crippen molar-refractivity contribution in [1.82, 2.24) is 5.32 Å². The van der Waals surface area contributed by atoms with E-state index in [0.29, 0.717) is 10.8 Å². The minimum absolute atomic E-state index is 0.0127. The van der Waals surface area contributed by atoms with Crippen LogP contribution in [0.1, 0.15) is 18.9 Å². The maximum absolute atomic E-state index is 11.6. The number of nitrogens with one attached hydrogen (secondary N) is 1. The van der Waals surface area contributed by atoms with Crippen molar-refractivity contribution in [1.29, 1.82) is 0 Å². The van der Waals surface area contributed by atoms with Crippen molar-refractivity contribution in [3.63, 3.8) is 0 Å². The van der Waals surface area contributed by atoms with E-state index < -0.39 is 0 Å². The monoisotopic (exact) mass is 287 g/mol. The van der Waals surface area contributed by atoms with Gasteiger partial charge in [0, 0.05) is 10.8 Å². The van der Waals surface area contributed by atoms with Crippen LogP contribution in [-0.2, 0) is 10.5 Å². The van der Waals surface area contributed by atoms with Crippen LogP contribution < -0.4 is 5.32 Å². The molecule has 0 aromatic heterocycles. The van der Waals surface area contributed by atoms with E-state index in [2.05, 4.69) is 5.32 Å². The zero-order valence-corrected chi connectivity index (χ0v) is 11.9.